The first-order valence-corrected chi connectivity index (χ1v) is 4.95. The lowest BCUT2D eigenvalue weighted by Crippen LogP contribution is -2.42. The summed E-state index contributed by atoms with van der Waals surface area (Å²) in [7, 11) is 0. The van der Waals surface area contributed by atoms with E-state index in [0.717, 1.165) is 12.0 Å². The highest BCUT2D eigenvalue weighted by Crippen LogP contribution is 2.36. The normalized spacial score (nSPS) is 37.1. The van der Waals surface area contributed by atoms with Gasteiger partial charge in [0.2, 0.25) is 0 Å². The van der Waals surface area contributed by atoms with E-state index in [9.17, 15) is 0 Å². The maximum absolute atomic E-state index is 3.73. The Hall–Kier alpha value is -0.0400. The van der Waals surface area contributed by atoms with E-state index in [0.29, 0.717) is 5.54 Å². The molecule has 1 aliphatic heterocycles. The topological polar surface area (TPSA) is 12.0 Å². The van der Waals surface area contributed by atoms with Gasteiger partial charge in [-0.05, 0) is 45.4 Å². The van der Waals surface area contributed by atoms with Gasteiger partial charge in [0.25, 0.3) is 0 Å². The number of nitrogens with one attached hydrogen (secondary N) is 1. The van der Waals surface area contributed by atoms with Crippen molar-refractivity contribution in [3.8, 4) is 0 Å². The van der Waals surface area contributed by atoms with Crippen LogP contribution in [0.5, 0.6) is 0 Å². The van der Waals surface area contributed by atoms with E-state index in [4.69, 9.17) is 0 Å². The quantitative estimate of drug-likeness (QED) is 0.609. The average molecular weight is 153 g/mol. The molecule has 1 heteroatoms. The van der Waals surface area contributed by atoms with E-state index in [2.05, 4.69) is 19.2 Å². The largest absolute Gasteiger partial charge is 0.309 e. The Morgan fingerprint density at radius 1 is 1.18 bits per heavy atom. The van der Waals surface area contributed by atoms with Crippen LogP contribution in [0.2, 0.25) is 0 Å². The van der Waals surface area contributed by atoms with Crippen molar-refractivity contribution < 1.29 is 0 Å². The zero-order chi connectivity index (χ0) is 7.90. The zero-order valence-electron chi connectivity index (χ0n) is 7.69. The molecular formula is C10H19N. The van der Waals surface area contributed by atoms with Crippen LogP contribution in [0.25, 0.3) is 0 Å². The molecule has 1 heterocycles. The summed E-state index contributed by atoms with van der Waals surface area (Å²) >= 11 is 0. The predicted octanol–water partition coefficient (Wildman–Crippen LogP) is 2.32. The molecule has 11 heavy (non-hydrogen) atoms. The molecule has 1 atom stereocenters. The molecule has 0 amide bonds. The van der Waals surface area contributed by atoms with E-state index in [-0.39, 0.29) is 0 Å². The van der Waals surface area contributed by atoms with Gasteiger partial charge in [0, 0.05) is 11.6 Å². The first-order chi connectivity index (χ1) is 5.17. The maximum atomic E-state index is 3.73. The summed E-state index contributed by atoms with van der Waals surface area (Å²) < 4.78 is 0. The van der Waals surface area contributed by atoms with Crippen LogP contribution >= 0.6 is 0 Å². The van der Waals surface area contributed by atoms with E-state index < -0.39 is 0 Å². The van der Waals surface area contributed by atoms with Crippen molar-refractivity contribution >= 4 is 0 Å². The molecule has 1 saturated heterocycles. The molecule has 2 fully saturated rings. The maximum Gasteiger partial charge on any atom is 0.0128 e. The van der Waals surface area contributed by atoms with Crippen molar-refractivity contribution in [2.75, 3.05) is 0 Å². The Morgan fingerprint density at radius 2 is 1.91 bits per heavy atom. The molecule has 0 bridgehead atoms. The standard InChI is InChI=1S/C10H19N/c1-10(2)7-6-9(11-10)8-4-3-5-8/h8-9,11H,3-7H2,1-2H3. The van der Waals surface area contributed by atoms with Gasteiger partial charge in [-0.2, -0.15) is 0 Å². The molecule has 1 N–H and O–H groups in total. The lowest BCUT2D eigenvalue weighted by atomic mass is 9.79. The summed E-state index contributed by atoms with van der Waals surface area (Å²) in [5.41, 5.74) is 0.431. The highest BCUT2D eigenvalue weighted by molar-refractivity contribution is 4.95. The van der Waals surface area contributed by atoms with Crippen LogP contribution in [-0.4, -0.2) is 11.6 Å². The molecule has 0 aromatic carbocycles. The number of rotatable bonds is 1. The van der Waals surface area contributed by atoms with E-state index in [1.807, 2.05) is 0 Å². The molecule has 0 aromatic heterocycles. The molecule has 2 rings (SSSR count). The molecule has 1 unspecified atom stereocenters. The summed E-state index contributed by atoms with van der Waals surface area (Å²) in [4.78, 5) is 0. The first-order valence-electron chi connectivity index (χ1n) is 4.95. The molecule has 1 saturated carbocycles. The van der Waals surface area contributed by atoms with Gasteiger partial charge >= 0.3 is 0 Å². The Morgan fingerprint density at radius 3 is 2.27 bits per heavy atom. The summed E-state index contributed by atoms with van der Waals surface area (Å²) in [5.74, 6) is 1.02. The minimum atomic E-state index is 0.431. The SMILES string of the molecule is CC1(C)CCC(C2CCC2)N1. The molecular weight excluding hydrogens is 134 g/mol. The third-order valence-electron chi connectivity index (χ3n) is 3.38. The van der Waals surface area contributed by atoms with E-state index in [1.54, 1.807) is 0 Å². The van der Waals surface area contributed by atoms with Gasteiger partial charge < -0.3 is 5.32 Å². The monoisotopic (exact) mass is 153 g/mol. The summed E-state index contributed by atoms with van der Waals surface area (Å²) in [5, 5.41) is 3.73. The van der Waals surface area contributed by atoms with Crippen LogP contribution in [0.15, 0.2) is 0 Å². The fraction of sp³-hybridized carbons (Fsp3) is 1.00. The molecule has 2 aliphatic rings. The van der Waals surface area contributed by atoms with Crippen LogP contribution in [-0.2, 0) is 0 Å². The first kappa shape index (κ1) is 7.60. The molecule has 0 aromatic rings. The molecule has 1 nitrogen and oxygen atoms in total. The fourth-order valence-electron chi connectivity index (χ4n) is 2.36. The van der Waals surface area contributed by atoms with Gasteiger partial charge in [-0.15, -0.1) is 0 Å². The lowest BCUT2D eigenvalue weighted by molar-refractivity contribution is 0.232. The van der Waals surface area contributed by atoms with Gasteiger partial charge in [-0.1, -0.05) is 6.42 Å². The van der Waals surface area contributed by atoms with Crippen molar-refractivity contribution in [2.45, 2.75) is 57.5 Å². The number of hydrogen-bond donors (Lipinski definition) is 1. The van der Waals surface area contributed by atoms with Crippen LogP contribution in [0.1, 0.15) is 46.0 Å². The van der Waals surface area contributed by atoms with Gasteiger partial charge in [0.15, 0.2) is 0 Å². The van der Waals surface area contributed by atoms with Crippen LogP contribution in [0.3, 0.4) is 0 Å². The second-order valence-electron chi connectivity index (χ2n) is 4.86. The Labute approximate surface area is 69.6 Å². The minimum absolute atomic E-state index is 0.431. The van der Waals surface area contributed by atoms with Crippen molar-refractivity contribution in [1.82, 2.24) is 5.32 Å². The highest BCUT2D eigenvalue weighted by Gasteiger charge is 2.36. The summed E-state index contributed by atoms with van der Waals surface area (Å²) in [6, 6.07) is 0.860. The fourth-order valence-corrected chi connectivity index (χ4v) is 2.36. The Bertz CT molecular complexity index is 147. The van der Waals surface area contributed by atoms with Crippen LogP contribution < -0.4 is 5.32 Å². The van der Waals surface area contributed by atoms with Gasteiger partial charge in [0.1, 0.15) is 0 Å². The second-order valence-corrected chi connectivity index (χ2v) is 4.86. The molecule has 0 spiro atoms. The Kier molecular flexibility index (Phi) is 1.71. The van der Waals surface area contributed by atoms with Gasteiger partial charge in [-0.3, -0.25) is 0 Å². The van der Waals surface area contributed by atoms with Crippen LogP contribution in [0, 0.1) is 5.92 Å². The third kappa shape index (κ3) is 1.44. The minimum Gasteiger partial charge on any atom is -0.309 e. The predicted molar refractivity (Wildman–Crippen MR) is 47.6 cm³/mol. The lowest BCUT2D eigenvalue weighted by Gasteiger charge is -2.33. The van der Waals surface area contributed by atoms with E-state index in [1.165, 1.54) is 32.1 Å². The van der Waals surface area contributed by atoms with Crippen molar-refractivity contribution in [3.05, 3.63) is 0 Å². The molecule has 1 aliphatic carbocycles. The highest BCUT2D eigenvalue weighted by atomic mass is 15.0. The molecule has 64 valence electrons. The smallest absolute Gasteiger partial charge is 0.0128 e. The zero-order valence-corrected chi connectivity index (χ0v) is 7.69. The second kappa shape index (κ2) is 2.48. The van der Waals surface area contributed by atoms with Gasteiger partial charge in [-0.25, -0.2) is 0 Å². The van der Waals surface area contributed by atoms with Crippen LogP contribution in [0.4, 0.5) is 0 Å². The average Bonchev–Trinajstić information content (AvgIpc) is 2.05. The van der Waals surface area contributed by atoms with E-state index >= 15 is 0 Å². The Balaban J connectivity index is 1.88. The number of hydrogen-bond acceptors (Lipinski definition) is 1. The van der Waals surface area contributed by atoms with Gasteiger partial charge in [0.05, 0.1) is 0 Å². The third-order valence-corrected chi connectivity index (χ3v) is 3.38. The van der Waals surface area contributed by atoms with Crippen molar-refractivity contribution in [2.24, 2.45) is 5.92 Å². The summed E-state index contributed by atoms with van der Waals surface area (Å²) in [6.45, 7) is 4.65. The summed E-state index contributed by atoms with van der Waals surface area (Å²) in [6.07, 6.45) is 7.22. The van der Waals surface area contributed by atoms with Crippen molar-refractivity contribution in [3.63, 3.8) is 0 Å². The molecule has 0 radical (unpaired) electrons. The van der Waals surface area contributed by atoms with Crippen molar-refractivity contribution in [1.29, 1.82) is 0 Å².